The zero-order chi connectivity index (χ0) is 12.4. The second-order valence-corrected chi connectivity index (χ2v) is 4.02. The van der Waals surface area contributed by atoms with E-state index in [1.54, 1.807) is 35.1 Å². The third-order valence-corrected chi connectivity index (χ3v) is 3.19. The van der Waals surface area contributed by atoms with E-state index in [4.69, 9.17) is 24.7 Å². The van der Waals surface area contributed by atoms with Crippen LogP contribution in [0.3, 0.4) is 0 Å². The summed E-state index contributed by atoms with van der Waals surface area (Å²) in [6, 6.07) is 0. The van der Waals surface area contributed by atoms with Gasteiger partial charge in [0.15, 0.2) is 0 Å². The molecule has 1 aliphatic heterocycles. The number of rotatable bonds is 4. The molecule has 4 atom stereocenters. The Morgan fingerprint density at radius 3 is 2.06 bits per heavy atom. The molecule has 0 aromatic carbocycles. The lowest BCUT2D eigenvalue weighted by Gasteiger charge is -2.51. The summed E-state index contributed by atoms with van der Waals surface area (Å²) in [7, 11) is 4.88. The molecule has 96 valence electrons. The number of hydrogen-bond donors (Lipinski definition) is 2. The molecule has 1 saturated heterocycles. The molecule has 0 bridgehead atoms. The van der Waals surface area contributed by atoms with E-state index in [2.05, 4.69) is 5.32 Å². The number of hydrogen-bond acceptors (Lipinski definition) is 6. The van der Waals surface area contributed by atoms with Gasteiger partial charge < -0.3 is 24.7 Å². The van der Waals surface area contributed by atoms with E-state index in [1.165, 1.54) is 0 Å². The Hall–Kier alpha value is -0.240. The molecule has 1 aliphatic rings. The van der Waals surface area contributed by atoms with Gasteiger partial charge in [0.1, 0.15) is 12.3 Å². The van der Waals surface area contributed by atoms with Gasteiger partial charge in [-0.3, -0.25) is 5.32 Å². The summed E-state index contributed by atoms with van der Waals surface area (Å²) in [5, 5.41) is 2.99. The van der Waals surface area contributed by atoms with Crippen LogP contribution in [0.1, 0.15) is 13.8 Å². The smallest absolute Gasteiger partial charge is 0.221 e. The Kier molecular flexibility index (Phi) is 4.28. The van der Waals surface area contributed by atoms with E-state index < -0.39 is 11.6 Å². The molecular formula is C10H22N2O4. The third kappa shape index (κ3) is 2.09. The topological polar surface area (TPSA) is 75.0 Å². The van der Waals surface area contributed by atoms with Crippen molar-refractivity contribution in [1.29, 1.82) is 0 Å². The van der Waals surface area contributed by atoms with E-state index in [1.807, 2.05) is 0 Å². The fourth-order valence-corrected chi connectivity index (χ4v) is 1.77. The summed E-state index contributed by atoms with van der Waals surface area (Å²) in [6.07, 6.45) is -0.601. The highest BCUT2D eigenvalue weighted by molar-refractivity contribution is 4.90. The third-order valence-electron chi connectivity index (χ3n) is 3.19. The van der Waals surface area contributed by atoms with Crippen LogP contribution in [0.25, 0.3) is 0 Å². The molecule has 6 nitrogen and oxygen atoms in total. The Bertz CT molecular complexity index is 217. The monoisotopic (exact) mass is 234 g/mol. The molecule has 1 fully saturated rings. The van der Waals surface area contributed by atoms with Crippen molar-refractivity contribution < 1.29 is 18.9 Å². The number of nitrogens with one attached hydrogen (secondary N) is 1. The van der Waals surface area contributed by atoms with Crippen LogP contribution in [0.15, 0.2) is 0 Å². The van der Waals surface area contributed by atoms with E-state index in [9.17, 15) is 0 Å². The maximum absolute atomic E-state index is 5.82. The molecule has 4 unspecified atom stereocenters. The van der Waals surface area contributed by atoms with Crippen molar-refractivity contribution >= 4 is 0 Å². The largest absolute Gasteiger partial charge is 0.349 e. The van der Waals surface area contributed by atoms with Crippen molar-refractivity contribution in [3.8, 4) is 0 Å². The maximum Gasteiger partial charge on any atom is 0.221 e. The van der Waals surface area contributed by atoms with Crippen LogP contribution < -0.4 is 11.1 Å². The summed E-state index contributed by atoms with van der Waals surface area (Å²) in [6.45, 7) is 3.88. The quantitative estimate of drug-likeness (QED) is 0.691. The molecule has 0 radical (unpaired) electrons. The standard InChI is InChI=1S/C10H22N2O4/c1-9(13-4)10(2,14-5)16-8(12-3)7(6-11)15-9/h7-8,12H,6,11H2,1-5H3. The number of ether oxygens (including phenoxy) is 4. The predicted octanol–water partition coefficient (Wildman–Crippen LogP) is -0.369. The first-order valence-electron chi connectivity index (χ1n) is 5.29. The minimum Gasteiger partial charge on any atom is -0.349 e. The minimum absolute atomic E-state index is 0.279. The lowest BCUT2D eigenvalue weighted by Crippen LogP contribution is -2.68. The van der Waals surface area contributed by atoms with Gasteiger partial charge in [0.05, 0.1) is 0 Å². The molecular weight excluding hydrogens is 212 g/mol. The average molecular weight is 234 g/mol. The van der Waals surface area contributed by atoms with Crippen molar-refractivity contribution in [1.82, 2.24) is 5.32 Å². The van der Waals surface area contributed by atoms with Crippen molar-refractivity contribution in [3.05, 3.63) is 0 Å². The second-order valence-electron chi connectivity index (χ2n) is 4.02. The zero-order valence-electron chi connectivity index (χ0n) is 10.6. The van der Waals surface area contributed by atoms with Gasteiger partial charge in [-0.25, -0.2) is 0 Å². The van der Waals surface area contributed by atoms with Crippen LogP contribution in [0.4, 0.5) is 0 Å². The zero-order valence-corrected chi connectivity index (χ0v) is 10.6. The summed E-state index contributed by atoms with van der Waals surface area (Å²) in [4.78, 5) is 0. The molecule has 0 spiro atoms. The summed E-state index contributed by atoms with van der Waals surface area (Å²) >= 11 is 0. The molecule has 3 N–H and O–H groups in total. The molecule has 0 amide bonds. The SMILES string of the molecule is CNC1OC(C)(OC)C(C)(OC)OC1CN. The van der Waals surface area contributed by atoms with Crippen molar-refractivity contribution in [2.24, 2.45) is 5.73 Å². The van der Waals surface area contributed by atoms with Crippen molar-refractivity contribution in [2.75, 3.05) is 27.8 Å². The Morgan fingerprint density at radius 1 is 1.19 bits per heavy atom. The molecule has 16 heavy (non-hydrogen) atoms. The number of nitrogens with two attached hydrogens (primary N) is 1. The van der Waals surface area contributed by atoms with Gasteiger partial charge in [-0.05, 0) is 20.9 Å². The number of methoxy groups -OCH3 is 2. The fraction of sp³-hybridized carbons (Fsp3) is 1.00. The van der Waals surface area contributed by atoms with E-state index >= 15 is 0 Å². The van der Waals surface area contributed by atoms with Gasteiger partial charge in [-0.2, -0.15) is 0 Å². The first-order valence-corrected chi connectivity index (χ1v) is 5.29. The van der Waals surface area contributed by atoms with Crippen molar-refractivity contribution in [3.63, 3.8) is 0 Å². The number of likely N-dealkylation sites (N-methyl/N-ethyl adjacent to an activating group) is 1. The Labute approximate surface area is 96.4 Å². The van der Waals surface area contributed by atoms with Crippen LogP contribution >= 0.6 is 0 Å². The van der Waals surface area contributed by atoms with Gasteiger partial charge in [0, 0.05) is 20.8 Å². The fourth-order valence-electron chi connectivity index (χ4n) is 1.77. The van der Waals surface area contributed by atoms with Crippen LogP contribution in [-0.2, 0) is 18.9 Å². The molecule has 0 aliphatic carbocycles. The van der Waals surface area contributed by atoms with E-state index in [-0.39, 0.29) is 12.3 Å². The molecule has 0 aromatic heterocycles. The maximum atomic E-state index is 5.82. The van der Waals surface area contributed by atoms with Crippen LogP contribution in [0.2, 0.25) is 0 Å². The lowest BCUT2D eigenvalue weighted by molar-refractivity contribution is -0.449. The molecule has 1 rings (SSSR count). The van der Waals surface area contributed by atoms with Gasteiger partial charge in [-0.1, -0.05) is 0 Å². The Morgan fingerprint density at radius 2 is 1.69 bits per heavy atom. The summed E-state index contributed by atoms with van der Waals surface area (Å²) in [5.74, 6) is -1.97. The van der Waals surface area contributed by atoms with Crippen LogP contribution in [-0.4, -0.2) is 51.7 Å². The van der Waals surface area contributed by atoms with Gasteiger partial charge in [0.25, 0.3) is 0 Å². The second kappa shape index (κ2) is 4.95. The molecule has 0 saturated carbocycles. The first-order chi connectivity index (χ1) is 7.46. The predicted molar refractivity (Wildman–Crippen MR) is 58.7 cm³/mol. The molecule has 1 heterocycles. The first kappa shape index (κ1) is 13.8. The summed E-state index contributed by atoms with van der Waals surface area (Å²) < 4.78 is 22.4. The van der Waals surface area contributed by atoms with Gasteiger partial charge >= 0.3 is 0 Å². The highest BCUT2D eigenvalue weighted by Crippen LogP contribution is 2.38. The van der Waals surface area contributed by atoms with E-state index in [0.717, 1.165) is 0 Å². The highest BCUT2D eigenvalue weighted by Gasteiger charge is 2.56. The average Bonchev–Trinajstić information content (AvgIpc) is 2.31. The van der Waals surface area contributed by atoms with Crippen LogP contribution in [0.5, 0.6) is 0 Å². The van der Waals surface area contributed by atoms with Crippen LogP contribution in [0, 0.1) is 0 Å². The minimum atomic E-state index is -0.987. The van der Waals surface area contributed by atoms with E-state index in [0.29, 0.717) is 6.54 Å². The highest BCUT2D eigenvalue weighted by atomic mass is 16.8. The van der Waals surface area contributed by atoms with Gasteiger partial charge in [0.2, 0.25) is 11.6 Å². The normalized spacial score (nSPS) is 44.6. The molecule has 0 aromatic rings. The molecule has 6 heteroatoms. The Balaban J connectivity index is 2.94. The summed E-state index contributed by atoms with van der Waals surface area (Å²) in [5.41, 5.74) is 5.63. The lowest BCUT2D eigenvalue weighted by atomic mass is 10.1. The van der Waals surface area contributed by atoms with Gasteiger partial charge in [-0.15, -0.1) is 0 Å². The van der Waals surface area contributed by atoms with Crippen molar-refractivity contribution in [2.45, 2.75) is 37.8 Å².